The first-order chi connectivity index (χ1) is 10.7. The molecule has 1 unspecified atom stereocenters. The third-order valence-electron chi connectivity index (χ3n) is 5.03. The van der Waals surface area contributed by atoms with E-state index in [4.69, 9.17) is 0 Å². The highest BCUT2D eigenvalue weighted by molar-refractivity contribution is 6.01. The van der Waals surface area contributed by atoms with Crippen LogP contribution in [-0.4, -0.2) is 30.3 Å². The fourth-order valence-corrected chi connectivity index (χ4v) is 3.69. The van der Waals surface area contributed by atoms with E-state index in [-0.39, 0.29) is 5.92 Å². The summed E-state index contributed by atoms with van der Waals surface area (Å²) in [7, 11) is 0. The Hall–Kier alpha value is -1.41. The fourth-order valence-electron chi connectivity index (χ4n) is 3.69. The minimum Gasteiger partial charge on any atom is -0.303 e. The average Bonchev–Trinajstić information content (AvgIpc) is 2.54. The van der Waals surface area contributed by atoms with Crippen LogP contribution in [0.4, 0.5) is 0 Å². The lowest BCUT2D eigenvalue weighted by Gasteiger charge is -2.32. The van der Waals surface area contributed by atoms with Crippen molar-refractivity contribution in [2.45, 2.75) is 45.4 Å². The van der Waals surface area contributed by atoms with Gasteiger partial charge in [0.2, 0.25) is 0 Å². The number of hydrogen-bond donors (Lipinski definition) is 0. The molecule has 0 N–H and O–H groups in total. The summed E-state index contributed by atoms with van der Waals surface area (Å²) in [5.74, 6) is 0.626. The molecule has 2 heteroatoms. The van der Waals surface area contributed by atoms with E-state index in [1.54, 1.807) is 0 Å². The van der Waals surface area contributed by atoms with Gasteiger partial charge in [-0.25, -0.2) is 0 Å². The second kappa shape index (κ2) is 7.23. The number of benzene rings is 1. The zero-order valence-corrected chi connectivity index (χ0v) is 13.7. The van der Waals surface area contributed by atoms with Crippen molar-refractivity contribution >= 4 is 11.9 Å². The summed E-state index contributed by atoms with van der Waals surface area (Å²) < 4.78 is 0. The van der Waals surface area contributed by atoms with E-state index in [1.807, 2.05) is 0 Å². The molecule has 118 valence electrons. The Kier molecular flexibility index (Phi) is 5.09. The summed E-state index contributed by atoms with van der Waals surface area (Å²) >= 11 is 0. The Balaban J connectivity index is 1.67. The first-order valence-electron chi connectivity index (χ1n) is 8.76. The summed E-state index contributed by atoms with van der Waals surface area (Å²) in [4.78, 5) is 15.3. The van der Waals surface area contributed by atoms with Gasteiger partial charge in [-0.15, -0.1) is 0 Å². The highest BCUT2D eigenvalue weighted by Crippen LogP contribution is 2.28. The Morgan fingerprint density at radius 1 is 1.09 bits per heavy atom. The summed E-state index contributed by atoms with van der Waals surface area (Å²) in [6, 6.07) is 8.46. The van der Waals surface area contributed by atoms with Crippen LogP contribution in [0, 0.1) is 12.8 Å². The first-order valence-corrected chi connectivity index (χ1v) is 8.76. The summed E-state index contributed by atoms with van der Waals surface area (Å²) in [5, 5.41) is 0. The second-order valence-electron chi connectivity index (χ2n) is 6.89. The summed E-state index contributed by atoms with van der Waals surface area (Å²) in [6.45, 7) is 5.43. The normalized spacial score (nSPS) is 25.6. The molecule has 0 spiro atoms. The molecule has 1 saturated carbocycles. The van der Waals surface area contributed by atoms with E-state index in [0.29, 0.717) is 5.78 Å². The maximum absolute atomic E-state index is 12.8. The molecule has 1 aromatic carbocycles. The minimum absolute atomic E-state index is 0.226. The molecule has 0 amide bonds. The average molecular weight is 297 g/mol. The topological polar surface area (TPSA) is 20.3 Å². The number of piperidine rings is 1. The van der Waals surface area contributed by atoms with Crippen molar-refractivity contribution in [1.29, 1.82) is 0 Å². The smallest absolute Gasteiger partial charge is 0.163 e. The Morgan fingerprint density at radius 3 is 2.55 bits per heavy atom. The van der Waals surface area contributed by atoms with Crippen molar-refractivity contribution in [1.82, 2.24) is 4.90 Å². The predicted octanol–water partition coefficient (Wildman–Crippen LogP) is 4.23. The Labute approximate surface area is 134 Å². The molecule has 22 heavy (non-hydrogen) atoms. The van der Waals surface area contributed by atoms with Crippen LogP contribution in [0.25, 0.3) is 6.08 Å². The molecular weight excluding hydrogens is 270 g/mol. The molecular formula is C20H27NO. The molecule has 1 aromatic rings. The highest BCUT2D eigenvalue weighted by atomic mass is 16.1. The number of Topliss-reactive ketones (excluding diaryl/α,β-unsaturated/α-hetero) is 1. The molecule has 0 aromatic heterocycles. The zero-order valence-electron chi connectivity index (χ0n) is 13.7. The van der Waals surface area contributed by atoms with E-state index in [9.17, 15) is 4.79 Å². The minimum atomic E-state index is 0.226. The van der Waals surface area contributed by atoms with Crippen LogP contribution < -0.4 is 0 Å². The van der Waals surface area contributed by atoms with Crippen molar-refractivity contribution in [3.05, 3.63) is 41.0 Å². The van der Waals surface area contributed by atoms with Crippen LogP contribution >= 0.6 is 0 Å². The van der Waals surface area contributed by atoms with Gasteiger partial charge in [0.05, 0.1) is 0 Å². The number of nitrogens with zero attached hydrogens (tertiary/aromatic N) is 1. The van der Waals surface area contributed by atoms with Gasteiger partial charge in [0.25, 0.3) is 0 Å². The second-order valence-corrected chi connectivity index (χ2v) is 6.89. The van der Waals surface area contributed by atoms with Crippen molar-refractivity contribution < 1.29 is 4.79 Å². The number of carbonyl (C=O) groups is 1. The molecule has 1 aliphatic heterocycles. The maximum Gasteiger partial charge on any atom is 0.163 e. The van der Waals surface area contributed by atoms with Gasteiger partial charge in [0.1, 0.15) is 0 Å². The van der Waals surface area contributed by atoms with Crippen molar-refractivity contribution in [3.8, 4) is 0 Å². The quantitative estimate of drug-likeness (QED) is 0.778. The number of likely N-dealkylation sites (tertiary alicyclic amines) is 1. The number of carbonyl (C=O) groups excluding carboxylic acids is 1. The van der Waals surface area contributed by atoms with Crippen LogP contribution in [0.1, 0.15) is 49.7 Å². The molecule has 1 aliphatic carbocycles. The number of ketones is 1. The molecule has 2 nitrogen and oxygen atoms in total. The first kappa shape index (κ1) is 15.5. The van der Waals surface area contributed by atoms with Gasteiger partial charge < -0.3 is 4.90 Å². The Morgan fingerprint density at radius 2 is 1.82 bits per heavy atom. The van der Waals surface area contributed by atoms with Gasteiger partial charge in [0.15, 0.2) is 5.78 Å². The van der Waals surface area contributed by atoms with Crippen LogP contribution in [0.5, 0.6) is 0 Å². The summed E-state index contributed by atoms with van der Waals surface area (Å²) in [6.07, 6.45) is 9.24. The number of aryl methyl sites for hydroxylation is 1. The molecule has 1 atom stereocenters. The zero-order chi connectivity index (χ0) is 15.4. The van der Waals surface area contributed by atoms with Crippen LogP contribution in [0.15, 0.2) is 29.8 Å². The maximum atomic E-state index is 12.8. The molecule has 2 aliphatic rings. The lowest BCUT2D eigenvalue weighted by molar-refractivity contribution is -0.121. The van der Waals surface area contributed by atoms with Crippen LogP contribution in [0.2, 0.25) is 0 Å². The Bertz CT molecular complexity index is 537. The van der Waals surface area contributed by atoms with E-state index in [2.05, 4.69) is 42.2 Å². The largest absolute Gasteiger partial charge is 0.303 e. The van der Waals surface area contributed by atoms with Crippen molar-refractivity contribution in [2.75, 3.05) is 19.6 Å². The van der Waals surface area contributed by atoms with E-state index < -0.39 is 0 Å². The van der Waals surface area contributed by atoms with Crippen molar-refractivity contribution in [3.63, 3.8) is 0 Å². The molecule has 3 rings (SSSR count). The van der Waals surface area contributed by atoms with E-state index in [1.165, 1.54) is 37.9 Å². The van der Waals surface area contributed by atoms with Crippen LogP contribution in [0.3, 0.4) is 0 Å². The molecule has 0 radical (unpaired) electrons. The molecule has 0 bridgehead atoms. The predicted molar refractivity (Wildman–Crippen MR) is 91.8 cm³/mol. The molecule has 1 heterocycles. The molecule has 2 fully saturated rings. The fraction of sp³-hybridized carbons (Fsp3) is 0.550. The van der Waals surface area contributed by atoms with E-state index in [0.717, 1.165) is 36.9 Å². The van der Waals surface area contributed by atoms with Gasteiger partial charge in [0, 0.05) is 12.5 Å². The highest BCUT2D eigenvalue weighted by Gasteiger charge is 2.28. The van der Waals surface area contributed by atoms with Crippen molar-refractivity contribution in [2.24, 2.45) is 5.92 Å². The van der Waals surface area contributed by atoms with Gasteiger partial charge in [-0.2, -0.15) is 0 Å². The number of allylic oxidation sites excluding steroid dienone is 1. The van der Waals surface area contributed by atoms with Gasteiger partial charge in [-0.05, 0) is 69.3 Å². The van der Waals surface area contributed by atoms with Gasteiger partial charge in [-0.3, -0.25) is 4.79 Å². The monoisotopic (exact) mass is 297 g/mol. The van der Waals surface area contributed by atoms with Crippen LogP contribution in [-0.2, 0) is 4.79 Å². The van der Waals surface area contributed by atoms with E-state index >= 15 is 0 Å². The number of rotatable bonds is 3. The molecule has 1 saturated heterocycles. The SMILES string of the molecule is Cc1ccc(/C=C2\CCCC(CN3CCCCC3)C2=O)cc1. The third-order valence-corrected chi connectivity index (χ3v) is 5.03. The number of hydrogen-bond acceptors (Lipinski definition) is 2. The lowest BCUT2D eigenvalue weighted by Crippen LogP contribution is -2.38. The third kappa shape index (κ3) is 3.86. The lowest BCUT2D eigenvalue weighted by atomic mass is 9.83. The standard InChI is InChI=1S/C20H27NO/c1-16-8-10-17(11-9-16)14-18-6-5-7-19(20(18)22)15-21-12-3-2-4-13-21/h8-11,14,19H,2-7,12-13,15H2,1H3/b18-14+. The summed E-state index contributed by atoms with van der Waals surface area (Å²) in [5.41, 5.74) is 3.46. The van der Waals surface area contributed by atoms with Gasteiger partial charge in [-0.1, -0.05) is 36.2 Å². The van der Waals surface area contributed by atoms with Gasteiger partial charge >= 0.3 is 0 Å².